The van der Waals surface area contributed by atoms with Crippen molar-refractivity contribution >= 4 is 11.8 Å². The summed E-state index contributed by atoms with van der Waals surface area (Å²) in [6, 6.07) is 0. The average Bonchev–Trinajstić information content (AvgIpc) is 2.45. The van der Waals surface area contributed by atoms with Crippen molar-refractivity contribution in [2.75, 3.05) is 6.54 Å². The van der Waals surface area contributed by atoms with Crippen molar-refractivity contribution in [1.82, 2.24) is 4.90 Å². The number of rotatable bonds is 4. The average molecular weight is 213 g/mol. The summed E-state index contributed by atoms with van der Waals surface area (Å²) in [5.41, 5.74) is -0.921. The summed E-state index contributed by atoms with van der Waals surface area (Å²) in [6.45, 7) is 5.61. The molecule has 4 nitrogen and oxygen atoms in total. The molecule has 0 saturated carbocycles. The Labute approximate surface area is 90.3 Å². The number of carbonyl (C=O) groups excluding carboxylic acids is 2. The van der Waals surface area contributed by atoms with E-state index in [1.165, 1.54) is 4.90 Å². The van der Waals surface area contributed by atoms with Gasteiger partial charge in [0.15, 0.2) is 0 Å². The predicted molar refractivity (Wildman–Crippen MR) is 56.0 cm³/mol. The van der Waals surface area contributed by atoms with Gasteiger partial charge in [-0.2, -0.15) is 0 Å². The van der Waals surface area contributed by atoms with Crippen LogP contribution in [0.15, 0.2) is 0 Å². The number of nitrogens with zero attached hydrogens (tertiary/aromatic N) is 1. The van der Waals surface area contributed by atoms with Crippen molar-refractivity contribution < 1.29 is 14.7 Å². The third kappa shape index (κ3) is 2.37. The van der Waals surface area contributed by atoms with E-state index in [1.54, 1.807) is 6.92 Å². The normalized spacial score (nSPS) is 22.7. The number of carbonyl (C=O) groups is 2. The zero-order valence-corrected chi connectivity index (χ0v) is 9.62. The molecule has 0 aromatic carbocycles. The summed E-state index contributed by atoms with van der Waals surface area (Å²) in [5, 5.41) is 10.1. The highest BCUT2D eigenvalue weighted by Gasteiger charge is 2.39. The van der Waals surface area contributed by atoms with Crippen molar-refractivity contribution in [3.63, 3.8) is 0 Å². The molecule has 1 unspecified atom stereocenters. The van der Waals surface area contributed by atoms with Crippen LogP contribution in [0.2, 0.25) is 0 Å². The van der Waals surface area contributed by atoms with Crippen LogP contribution < -0.4 is 0 Å². The molecule has 1 saturated heterocycles. The quantitative estimate of drug-likeness (QED) is 0.707. The van der Waals surface area contributed by atoms with Crippen LogP contribution in [0.5, 0.6) is 0 Å². The van der Waals surface area contributed by atoms with Gasteiger partial charge in [-0.25, -0.2) is 0 Å². The molecule has 2 amide bonds. The molecule has 0 spiro atoms. The van der Waals surface area contributed by atoms with Gasteiger partial charge in [0.25, 0.3) is 0 Å². The van der Waals surface area contributed by atoms with E-state index < -0.39 is 5.60 Å². The van der Waals surface area contributed by atoms with E-state index in [1.807, 2.05) is 13.8 Å². The first-order valence-corrected chi connectivity index (χ1v) is 5.50. The number of likely N-dealkylation sites (tertiary alicyclic amines) is 1. The molecule has 86 valence electrons. The Morgan fingerprint density at radius 2 is 1.93 bits per heavy atom. The van der Waals surface area contributed by atoms with Crippen molar-refractivity contribution in [3.05, 3.63) is 0 Å². The maximum absolute atomic E-state index is 11.6. The molecule has 15 heavy (non-hydrogen) atoms. The first-order chi connectivity index (χ1) is 6.93. The topological polar surface area (TPSA) is 57.6 Å². The smallest absolute Gasteiger partial charge is 0.232 e. The molecule has 0 radical (unpaired) electrons. The second-order valence-corrected chi connectivity index (χ2v) is 4.35. The molecule has 1 aliphatic heterocycles. The van der Waals surface area contributed by atoms with Gasteiger partial charge in [0, 0.05) is 12.3 Å². The number of hydrogen-bond acceptors (Lipinski definition) is 3. The molecule has 0 aromatic rings. The van der Waals surface area contributed by atoms with E-state index >= 15 is 0 Å². The Bertz CT molecular complexity index is 271. The van der Waals surface area contributed by atoms with Gasteiger partial charge in [0.1, 0.15) is 0 Å². The summed E-state index contributed by atoms with van der Waals surface area (Å²) < 4.78 is 0. The van der Waals surface area contributed by atoms with Crippen molar-refractivity contribution in [1.29, 1.82) is 0 Å². The first-order valence-electron chi connectivity index (χ1n) is 5.50. The molecular formula is C11H19NO3. The van der Waals surface area contributed by atoms with Crippen molar-refractivity contribution in [2.24, 2.45) is 5.92 Å². The molecule has 1 rings (SSSR count). The fourth-order valence-electron chi connectivity index (χ4n) is 1.78. The van der Waals surface area contributed by atoms with Gasteiger partial charge in [-0.3, -0.25) is 14.5 Å². The van der Waals surface area contributed by atoms with Gasteiger partial charge in [-0.05, 0) is 12.8 Å². The second-order valence-electron chi connectivity index (χ2n) is 4.35. The monoisotopic (exact) mass is 213 g/mol. The zero-order chi connectivity index (χ0) is 11.6. The Kier molecular flexibility index (Phi) is 3.50. The SMILES string of the molecule is CCC(O)(CC)CN1C(=O)CC(C)C1=O. The van der Waals surface area contributed by atoms with Crippen LogP contribution in [0.3, 0.4) is 0 Å². The lowest BCUT2D eigenvalue weighted by molar-refractivity contribution is -0.143. The molecule has 1 atom stereocenters. The Morgan fingerprint density at radius 3 is 2.27 bits per heavy atom. The van der Waals surface area contributed by atoms with Crippen LogP contribution >= 0.6 is 0 Å². The van der Waals surface area contributed by atoms with E-state index in [0.29, 0.717) is 12.8 Å². The fourth-order valence-corrected chi connectivity index (χ4v) is 1.78. The van der Waals surface area contributed by atoms with Crippen LogP contribution in [0.4, 0.5) is 0 Å². The second kappa shape index (κ2) is 4.31. The van der Waals surface area contributed by atoms with E-state index in [4.69, 9.17) is 0 Å². The van der Waals surface area contributed by atoms with Gasteiger partial charge in [0.2, 0.25) is 11.8 Å². The van der Waals surface area contributed by atoms with Gasteiger partial charge < -0.3 is 5.11 Å². The molecule has 1 heterocycles. The molecule has 1 aliphatic rings. The maximum Gasteiger partial charge on any atom is 0.232 e. The summed E-state index contributed by atoms with van der Waals surface area (Å²) in [6.07, 6.45) is 1.38. The van der Waals surface area contributed by atoms with Crippen LogP contribution in [0.25, 0.3) is 0 Å². The molecular weight excluding hydrogens is 194 g/mol. The van der Waals surface area contributed by atoms with Gasteiger partial charge in [0.05, 0.1) is 12.1 Å². The Balaban J connectivity index is 2.73. The predicted octanol–water partition coefficient (Wildman–Crippen LogP) is 0.932. The van der Waals surface area contributed by atoms with Crippen molar-refractivity contribution in [3.8, 4) is 0 Å². The third-order valence-electron chi connectivity index (χ3n) is 3.24. The highest BCUT2D eigenvalue weighted by molar-refractivity contribution is 6.03. The number of β-amino-alcohol motifs (C(OH)–C–C–N with tert-alkyl or cyclic N) is 1. The molecule has 1 fully saturated rings. The number of hydrogen-bond donors (Lipinski definition) is 1. The lowest BCUT2D eigenvalue weighted by Crippen LogP contribution is -2.45. The summed E-state index contributed by atoms with van der Waals surface area (Å²) >= 11 is 0. The van der Waals surface area contributed by atoms with Crippen LogP contribution in [-0.2, 0) is 9.59 Å². The fraction of sp³-hybridized carbons (Fsp3) is 0.818. The van der Waals surface area contributed by atoms with Crippen LogP contribution in [0.1, 0.15) is 40.0 Å². The minimum atomic E-state index is -0.921. The lowest BCUT2D eigenvalue weighted by Gasteiger charge is -2.29. The number of amides is 2. The number of aliphatic hydroxyl groups is 1. The summed E-state index contributed by atoms with van der Waals surface area (Å²) in [5.74, 6) is -0.538. The lowest BCUT2D eigenvalue weighted by atomic mass is 9.97. The van der Waals surface area contributed by atoms with Crippen LogP contribution in [-0.4, -0.2) is 34.0 Å². The molecule has 4 heteroatoms. The first kappa shape index (κ1) is 12.2. The largest absolute Gasteiger partial charge is 0.388 e. The minimum absolute atomic E-state index is 0.141. The summed E-state index contributed by atoms with van der Waals surface area (Å²) in [4.78, 5) is 24.3. The molecule has 0 bridgehead atoms. The Hall–Kier alpha value is -0.900. The maximum atomic E-state index is 11.6. The van der Waals surface area contributed by atoms with Crippen LogP contribution in [0, 0.1) is 5.92 Å². The third-order valence-corrected chi connectivity index (χ3v) is 3.24. The molecule has 0 aromatic heterocycles. The van der Waals surface area contributed by atoms with Gasteiger partial charge >= 0.3 is 0 Å². The van der Waals surface area contributed by atoms with E-state index in [-0.39, 0.29) is 30.7 Å². The van der Waals surface area contributed by atoms with E-state index in [0.717, 1.165) is 0 Å². The van der Waals surface area contributed by atoms with Crippen molar-refractivity contribution in [2.45, 2.75) is 45.6 Å². The standard InChI is InChI=1S/C11H19NO3/c1-4-11(15,5-2)7-12-9(13)6-8(3)10(12)14/h8,15H,4-7H2,1-3H3. The summed E-state index contributed by atoms with van der Waals surface area (Å²) in [7, 11) is 0. The Morgan fingerprint density at radius 1 is 1.40 bits per heavy atom. The van der Waals surface area contributed by atoms with E-state index in [9.17, 15) is 14.7 Å². The molecule has 0 aliphatic carbocycles. The van der Waals surface area contributed by atoms with Gasteiger partial charge in [-0.15, -0.1) is 0 Å². The molecule has 1 N–H and O–H groups in total. The zero-order valence-electron chi connectivity index (χ0n) is 9.62. The van der Waals surface area contributed by atoms with E-state index in [2.05, 4.69) is 0 Å². The minimum Gasteiger partial charge on any atom is -0.388 e. The van der Waals surface area contributed by atoms with Gasteiger partial charge in [-0.1, -0.05) is 20.8 Å². The highest BCUT2D eigenvalue weighted by atomic mass is 16.3. The highest BCUT2D eigenvalue weighted by Crippen LogP contribution is 2.24. The number of imide groups is 1.